The average molecular weight is 362 g/mol. The molecule has 7 heteroatoms. The van der Waals surface area contributed by atoms with E-state index >= 15 is 0 Å². The minimum Gasteiger partial charge on any atom is -0.485 e. The fourth-order valence-corrected chi connectivity index (χ4v) is 2.89. The minimum absolute atomic E-state index is 0.206. The number of hydrogen-bond acceptors (Lipinski definition) is 6. The molecule has 0 amide bonds. The molecule has 1 fully saturated rings. The standard InChI is InChI=1S/C19H27FN4O2/c1-15(2)7-8-23-9-11-24(12-10-23)13-19-21-18(22-26-19)14-25-17-5-3-16(20)4-6-17/h3-6,15H,7-14H2,1-2H3. The number of nitrogens with zero attached hydrogens (tertiary/aromatic N) is 4. The number of benzene rings is 1. The molecule has 1 aromatic carbocycles. The van der Waals surface area contributed by atoms with Gasteiger partial charge in [0.25, 0.3) is 0 Å². The molecule has 0 spiro atoms. The van der Waals surface area contributed by atoms with Gasteiger partial charge in [-0.05, 0) is 43.1 Å². The first-order valence-corrected chi connectivity index (χ1v) is 9.23. The third-order valence-electron chi connectivity index (χ3n) is 4.54. The van der Waals surface area contributed by atoms with Crippen LogP contribution in [-0.4, -0.2) is 52.7 Å². The quantitative estimate of drug-likeness (QED) is 0.720. The zero-order valence-electron chi connectivity index (χ0n) is 15.5. The molecule has 6 nitrogen and oxygen atoms in total. The summed E-state index contributed by atoms with van der Waals surface area (Å²) in [4.78, 5) is 9.24. The van der Waals surface area contributed by atoms with E-state index in [4.69, 9.17) is 9.26 Å². The minimum atomic E-state index is -0.288. The van der Waals surface area contributed by atoms with E-state index in [2.05, 4.69) is 33.8 Å². The maximum absolute atomic E-state index is 12.9. The lowest BCUT2D eigenvalue weighted by Crippen LogP contribution is -2.46. The highest BCUT2D eigenvalue weighted by atomic mass is 19.1. The third-order valence-corrected chi connectivity index (χ3v) is 4.54. The first-order valence-electron chi connectivity index (χ1n) is 9.23. The summed E-state index contributed by atoms with van der Waals surface area (Å²) in [5.74, 6) is 2.15. The average Bonchev–Trinajstić information content (AvgIpc) is 3.08. The van der Waals surface area contributed by atoms with Crippen LogP contribution in [0.4, 0.5) is 4.39 Å². The van der Waals surface area contributed by atoms with Gasteiger partial charge in [-0.15, -0.1) is 0 Å². The van der Waals surface area contributed by atoms with E-state index in [1.54, 1.807) is 12.1 Å². The SMILES string of the molecule is CC(C)CCN1CCN(Cc2nc(COc3ccc(F)cc3)no2)CC1. The Labute approximate surface area is 153 Å². The van der Waals surface area contributed by atoms with Gasteiger partial charge in [-0.25, -0.2) is 4.39 Å². The second-order valence-corrected chi connectivity index (χ2v) is 7.15. The molecule has 2 heterocycles. The van der Waals surface area contributed by atoms with Crippen LogP contribution in [0.1, 0.15) is 32.0 Å². The van der Waals surface area contributed by atoms with Gasteiger partial charge in [0, 0.05) is 26.2 Å². The molecule has 2 aromatic rings. The number of ether oxygens (including phenoxy) is 1. The molecule has 142 valence electrons. The van der Waals surface area contributed by atoms with Crippen molar-refractivity contribution in [3.63, 3.8) is 0 Å². The van der Waals surface area contributed by atoms with Gasteiger partial charge < -0.3 is 14.2 Å². The molecule has 1 aliphatic heterocycles. The highest BCUT2D eigenvalue weighted by Gasteiger charge is 2.19. The first-order chi connectivity index (χ1) is 12.6. The fraction of sp³-hybridized carbons (Fsp3) is 0.579. The number of piperazine rings is 1. The Morgan fingerprint density at radius 3 is 2.50 bits per heavy atom. The molecule has 3 rings (SSSR count). The van der Waals surface area contributed by atoms with Crippen LogP contribution in [-0.2, 0) is 13.2 Å². The lowest BCUT2D eigenvalue weighted by molar-refractivity contribution is 0.113. The predicted octanol–water partition coefficient (Wildman–Crippen LogP) is 2.95. The topological polar surface area (TPSA) is 54.6 Å². The van der Waals surface area contributed by atoms with Crippen LogP contribution >= 0.6 is 0 Å². The number of hydrogen-bond donors (Lipinski definition) is 0. The lowest BCUT2D eigenvalue weighted by atomic mass is 10.1. The molecule has 0 atom stereocenters. The Hall–Kier alpha value is -1.99. The van der Waals surface area contributed by atoms with Gasteiger partial charge in [0.2, 0.25) is 11.7 Å². The van der Waals surface area contributed by atoms with E-state index in [9.17, 15) is 4.39 Å². The van der Waals surface area contributed by atoms with Crippen molar-refractivity contribution in [1.82, 2.24) is 19.9 Å². The number of rotatable bonds is 8. The van der Waals surface area contributed by atoms with Gasteiger partial charge >= 0.3 is 0 Å². The van der Waals surface area contributed by atoms with E-state index in [0.29, 0.717) is 24.0 Å². The Morgan fingerprint density at radius 2 is 1.81 bits per heavy atom. The van der Waals surface area contributed by atoms with Crippen molar-refractivity contribution in [2.75, 3.05) is 32.7 Å². The normalized spacial score (nSPS) is 16.3. The van der Waals surface area contributed by atoms with Crippen molar-refractivity contribution < 1.29 is 13.7 Å². The van der Waals surface area contributed by atoms with E-state index in [-0.39, 0.29) is 12.4 Å². The lowest BCUT2D eigenvalue weighted by Gasteiger charge is -2.34. The van der Waals surface area contributed by atoms with E-state index in [1.165, 1.54) is 25.1 Å². The monoisotopic (exact) mass is 362 g/mol. The van der Waals surface area contributed by atoms with Gasteiger partial charge in [0.05, 0.1) is 6.54 Å². The fourth-order valence-electron chi connectivity index (χ4n) is 2.89. The molecular formula is C19H27FN4O2. The van der Waals surface area contributed by atoms with Crippen molar-refractivity contribution in [2.24, 2.45) is 5.92 Å². The predicted molar refractivity (Wildman–Crippen MR) is 96.2 cm³/mol. The van der Waals surface area contributed by atoms with Crippen molar-refractivity contribution in [3.05, 3.63) is 41.8 Å². The Morgan fingerprint density at radius 1 is 1.12 bits per heavy atom. The van der Waals surface area contributed by atoms with Crippen molar-refractivity contribution in [3.8, 4) is 5.75 Å². The summed E-state index contributed by atoms with van der Waals surface area (Å²) >= 11 is 0. The molecule has 0 bridgehead atoms. The van der Waals surface area contributed by atoms with E-state index in [0.717, 1.165) is 32.1 Å². The van der Waals surface area contributed by atoms with Crippen LogP contribution in [0.25, 0.3) is 0 Å². The Bertz CT molecular complexity index is 666. The summed E-state index contributed by atoms with van der Waals surface area (Å²) < 4.78 is 23.7. The largest absolute Gasteiger partial charge is 0.485 e. The Balaban J connectivity index is 1.40. The van der Waals surface area contributed by atoms with Crippen LogP contribution < -0.4 is 4.74 Å². The summed E-state index contributed by atoms with van der Waals surface area (Å²) in [6.07, 6.45) is 1.25. The van der Waals surface area contributed by atoms with Gasteiger partial charge in [-0.2, -0.15) is 4.98 Å². The Kier molecular flexibility index (Phi) is 6.57. The summed E-state index contributed by atoms with van der Waals surface area (Å²) in [7, 11) is 0. The number of halogens is 1. The summed E-state index contributed by atoms with van der Waals surface area (Å²) in [6, 6.07) is 5.87. The second kappa shape index (κ2) is 9.09. The second-order valence-electron chi connectivity index (χ2n) is 7.15. The molecule has 0 N–H and O–H groups in total. The molecule has 1 saturated heterocycles. The van der Waals surface area contributed by atoms with Crippen LogP contribution in [0.5, 0.6) is 5.75 Å². The molecule has 0 radical (unpaired) electrons. The van der Waals surface area contributed by atoms with Crippen LogP contribution in [0.3, 0.4) is 0 Å². The zero-order valence-corrected chi connectivity index (χ0v) is 15.5. The van der Waals surface area contributed by atoms with Gasteiger partial charge in [0.1, 0.15) is 11.6 Å². The zero-order chi connectivity index (χ0) is 18.4. The molecule has 0 saturated carbocycles. The molecular weight excluding hydrogens is 335 g/mol. The van der Waals surface area contributed by atoms with Crippen LogP contribution in [0.15, 0.2) is 28.8 Å². The van der Waals surface area contributed by atoms with Crippen LogP contribution in [0, 0.1) is 11.7 Å². The molecule has 1 aromatic heterocycles. The van der Waals surface area contributed by atoms with Crippen molar-refractivity contribution in [2.45, 2.75) is 33.4 Å². The highest BCUT2D eigenvalue weighted by molar-refractivity contribution is 5.22. The summed E-state index contributed by atoms with van der Waals surface area (Å²) in [5.41, 5.74) is 0. The smallest absolute Gasteiger partial charge is 0.240 e. The summed E-state index contributed by atoms with van der Waals surface area (Å²) in [6.45, 7) is 10.8. The third kappa shape index (κ3) is 5.78. The molecule has 0 unspecified atom stereocenters. The highest BCUT2D eigenvalue weighted by Crippen LogP contribution is 2.13. The molecule has 0 aliphatic carbocycles. The van der Waals surface area contributed by atoms with E-state index in [1.807, 2.05) is 0 Å². The van der Waals surface area contributed by atoms with Crippen molar-refractivity contribution in [1.29, 1.82) is 0 Å². The van der Waals surface area contributed by atoms with Gasteiger partial charge in [-0.1, -0.05) is 19.0 Å². The number of aromatic nitrogens is 2. The van der Waals surface area contributed by atoms with Crippen LogP contribution in [0.2, 0.25) is 0 Å². The molecule has 1 aliphatic rings. The van der Waals surface area contributed by atoms with Gasteiger partial charge in [0.15, 0.2) is 6.61 Å². The maximum atomic E-state index is 12.9. The van der Waals surface area contributed by atoms with Crippen molar-refractivity contribution >= 4 is 0 Å². The first kappa shape index (κ1) is 18.8. The van der Waals surface area contributed by atoms with Gasteiger partial charge in [-0.3, -0.25) is 4.90 Å². The maximum Gasteiger partial charge on any atom is 0.240 e. The summed E-state index contributed by atoms with van der Waals surface area (Å²) in [5, 5.41) is 3.96. The molecule has 26 heavy (non-hydrogen) atoms. The van der Waals surface area contributed by atoms with E-state index < -0.39 is 0 Å².